The fourth-order valence-electron chi connectivity index (χ4n) is 1.84. The van der Waals surface area contributed by atoms with Gasteiger partial charge >= 0.3 is 0 Å². The highest BCUT2D eigenvalue weighted by Gasteiger charge is 2.12. The first-order chi connectivity index (χ1) is 10.5. The van der Waals surface area contributed by atoms with Crippen LogP contribution in [0.15, 0.2) is 30.8 Å². The Morgan fingerprint density at radius 1 is 1.36 bits per heavy atom. The van der Waals surface area contributed by atoms with Gasteiger partial charge in [-0.15, -0.1) is 11.3 Å². The molecule has 1 atom stereocenters. The molecule has 0 aliphatic rings. The van der Waals surface area contributed by atoms with Crippen molar-refractivity contribution in [2.75, 3.05) is 6.61 Å². The van der Waals surface area contributed by atoms with Crippen molar-refractivity contribution in [3.63, 3.8) is 0 Å². The van der Waals surface area contributed by atoms with E-state index in [1.807, 2.05) is 24.3 Å². The molecule has 2 rings (SSSR count). The Morgan fingerprint density at radius 2 is 2.14 bits per heavy atom. The highest BCUT2D eigenvalue weighted by molar-refractivity contribution is 7.20. The lowest BCUT2D eigenvalue weighted by atomic mass is 10.2. The summed E-state index contributed by atoms with van der Waals surface area (Å²) in [4.78, 5) is 17.9. The fourth-order valence-corrected chi connectivity index (χ4v) is 2.83. The van der Waals surface area contributed by atoms with Gasteiger partial charge in [-0.05, 0) is 35.9 Å². The zero-order valence-electron chi connectivity index (χ0n) is 13.1. The van der Waals surface area contributed by atoms with Gasteiger partial charge in [-0.3, -0.25) is 4.79 Å². The molecule has 0 aliphatic heterocycles. The summed E-state index contributed by atoms with van der Waals surface area (Å²) in [6.07, 6.45) is 1.31. The quantitative estimate of drug-likeness (QED) is 0.614. The van der Waals surface area contributed by atoms with E-state index >= 15 is 0 Å². The van der Waals surface area contributed by atoms with E-state index in [0.29, 0.717) is 17.4 Å². The third kappa shape index (κ3) is 4.40. The summed E-state index contributed by atoms with van der Waals surface area (Å²) in [5, 5.41) is 1.03. The summed E-state index contributed by atoms with van der Waals surface area (Å²) in [7, 11) is 0. The first kappa shape index (κ1) is 16.7. The summed E-state index contributed by atoms with van der Waals surface area (Å²) in [6, 6.07) is 7.82. The van der Waals surface area contributed by atoms with Crippen molar-refractivity contribution in [1.29, 1.82) is 0 Å². The molecule has 118 valence electrons. The van der Waals surface area contributed by atoms with E-state index in [4.69, 9.17) is 9.57 Å². The van der Waals surface area contributed by atoms with E-state index in [-0.39, 0.29) is 5.91 Å². The van der Waals surface area contributed by atoms with Crippen molar-refractivity contribution in [1.82, 2.24) is 5.48 Å². The van der Waals surface area contributed by atoms with E-state index in [1.165, 1.54) is 11.3 Å². The number of hydroxylamine groups is 1. The second-order valence-corrected chi connectivity index (χ2v) is 6.54. The molecule has 1 heterocycles. The largest absolute Gasteiger partial charge is 0.350 e. The van der Waals surface area contributed by atoms with Crippen LogP contribution >= 0.6 is 11.3 Å². The highest BCUT2D eigenvalue weighted by Crippen LogP contribution is 2.27. The monoisotopic (exact) mass is 319 g/mol. The second kappa shape index (κ2) is 7.54. The van der Waals surface area contributed by atoms with Crippen molar-refractivity contribution >= 4 is 33.4 Å². The average Bonchev–Trinajstić information content (AvgIpc) is 2.93. The number of fused-ring (bicyclic) bond motifs is 1. The molecule has 1 aromatic heterocycles. The Kier molecular flexibility index (Phi) is 5.71. The Bertz CT molecular complexity index is 663. The van der Waals surface area contributed by atoms with Crippen LogP contribution in [0.1, 0.15) is 36.0 Å². The van der Waals surface area contributed by atoms with Crippen molar-refractivity contribution in [2.45, 2.75) is 27.1 Å². The summed E-state index contributed by atoms with van der Waals surface area (Å²) in [5.41, 5.74) is 3.47. The number of hydrogen-bond acceptors (Lipinski definition) is 4. The predicted molar refractivity (Wildman–Crippen MR) is 90.7 cm³/mol. The minimum Gasteiger partial charge on any atom is -0.350 e. The maximum absolute atomic E-state index is 12.1. The number of thiophene rings is 1. The van der Waals surface area contributed by atoms with Crippen LogP contribution in [-0.2, 0) is 9.57 Å². The average molecular weight is 319 g/mol. The number of ether oxygens (including phenoxy) is 1. The summed E-state index contributed by atoms with van der Waals surface area (Å²) in [5.74, 6) is 0.157. The molecule has 1 unspecified atom stereocenters. The van der Waals surface area contributed by atoms with Crippen molar-refractivity contribution in [3.8, 4) is 0 Å². The maximum atomic E-state index is 12.1. The number of hydrogen-bond donors (Lipinski definition) is 1. The van der Waals surface area contributed by atoms with Crippen molar-refractivity contribution in [3.05, 3.63) is 41.3 Å². The molecular formula is C17H21NO3S. The van der Waals surface area contributed by atoms with Gasteiger partial charge in [0.1, 0.15) is 0 Å². The molecule has 0 radical (unpaired) electrons. The summed E-state index contributed by atoms with van der Waals surface area (Å²) < 4.78 is 6.48. The van der Waals surface area contributed by atoms with Gasteiger partial charge in [0.2, 0.25) is 0 Å². The van der Waals surface area contributed by atoms with Crippen LogP contribution in [0.5, 0.6) is 0 Å². The molecule has 0 aliphatic carbocycles. The van der Waals surface area contributed by atoms with E-state index in [9.17, 15) is 4.79 Å². The number of benzene rings is 1. The molecule has 0 bridgehead atoms. The first-order valence-corrected chi connectivity index (χ1v) is 8.05. The highest BCUT2D eigenvalue weighted by atomic mass is 32.1. The van der Waals surface area contributed by atoms with Crippen LogP contribution in [0.25, 0.3) is 16.2 Å². The molecule has 22 heavy (non-hydrogen) atoms. The van der Waals surface area contributed by atoms with Crippen LogP contribution in [-0.4, -0.2) is 18.8 Å². The third-order valence-electron chi connectivity index (χ3n) is 2.99. The zero-order chi connectivity index (χ0) is 16.1. The molecule has 1 aromatic carbocycles. The summed E-state index contributed by atoms with van der Waals surface area (Å²) in [6.45, 7) is 10.2. The van der Waals surface area contributed by atoms with Crippen LogP contribution in [0.3, 0.4) is 0 Å². The lowest BCUT2D eigenvalue weighted by molar-refractivity contribution is -0.163. The zero-order valence-corrected chi connectivity index (χ0v) is 13.9. The van der Waals surface area contributed by atoms with Gasteiger partial charge in [0.05, 0.1) is 11.5 Å². The topological polar surface area (TPSA) is 47.6 Å². The molecule has 5 heteroatoms. The molecular weight excluding hydrogens is 298 g/mol. The standard InChI is InChI=1S/C17H21NO3S/c1-5-13-6-7-14-9-16(22-15(14)8-13)17(19)18-21-12(4)20-10-11(2)3/h5-9,11-12H,1,10H2,2-4H3,(H,18,19). The van der Waals surface area contributed by atoms with Crippen LogP contribution in [0, 0.1) is 5.92 Å². The molecule has 1 amide bonds. The van der Waals surface area contributed by atoms with E-state index in [0.717, 1.165) is 15.6 Å². The molecule has 0 fully saturated rings. The van der Waals surface area contributed by atoms with E-state index in [2.05, 4.69) is 25.9 Å². The number of nitrogens with one attached hydrogen (secondary N) is 1. The van der Waals surface area contributed by atoms with Gasteiger partial charge in [-0.2, -0.15) is 0 Å². The molecule has 0 saturated carbocycles. The SMILES string of the molecule is C=Cc1ccc2cc(C(=O)NOC(C)OCC(C)C)sc2c1. The summed E-state index contributed by atoms with van der Waals surface area (Å²) >= 11 is 1.42. The lowest BCUT2D eigenvalue weighted by Crippen LogP contribution is -2.29. The third-order valence-corrected chi connectivity index (χ3v) is 4.08. The molecule has 4 nitrogen and oxygen atoms in total. The van der Waals surface area contributed by atoms with Gasteiger partial charge < -0.3 is 4.74 Å². The van der Waals surface area contributed by atoms with Crippen molar-refractivity contribution < 1.29 is 14.4 Å². The number of amides is 1. The van der Waals surface area contributed by atoms with E-state index in [1.54, 1.807) is 13.0 Å². The normalized spacial score (nSPS) is 12.5. The smallest absolute Gasteiger partial charge is 0.285 e. The Morgan fingerprint density at radius 3 is 2.82 bits per heavy atom. The Balaban J connectivity index is 1.96. The van der Waals surface area contributed by atoms with Crippen LogP contribution < -0.4 is 5.48 Å². The number of carbonyl (C=O) groups is 1. The molecule has 1 N–H and O–H groups in total. The number of carbonyl (C=O) groups excluding carboxylic acids is 1. The minimum atomic E-state index is -0.479. The predicted octanol–water partition coefficient (Wildman–Crippen LogP) is 4.22. The minimum absolute atomic E-state index is 0.263. The number of rotatable bonds is 7. The lowest BCUT2D eigenvalue weighted by Gasteiger charge is -2.14. The second-order valence-electron chi connectivity index (χ2n) is 5.46. The van der Waals surface area contributed by atoms with Gasteiger partial charge in [-0.25, -0.2) is 10.3 Å². The van der Waals surface area contributed by atoms with Gasteiger partial charge in [-0.1, -0.05) is 38.6 Å². The van der Waals surface area contributed by atoms with Crippen LogP contribution in [0.2, 0.25) is 0 Å². The fraction of sp³-hybridized carbons (Fsp3) is 0.353. The maximum Gasteiger partial charge on any atom is 0.285 e. The van der Waals surface area contributed by atoms with E-state index < -0.39 is 6.29 Å². The van der Waals surface area contributed by atoms with Gasteiger partial charge in [0.25, 0.3) is 5.91 Å². The first-order valence-electron chi connectivity index (χ1n) is 7.23. The molecule has 0 spiro atoms. The molecule has 2 aromatic rings. The van der Waals surface area contributed by atoms with Crippen molar-refractivity contribution in [2.24, 2.45) is 5.92 Å². The van der Waals surface area contributed by atoms with Gasteiger partial charge in [0.15, 0.2) is 6.29 Å². The molecule has 0 saturated heterocycles. The van der Waals surface area contributed by atoms with Crippen LogP contribution in [0.4, 0.5) is 0 Å². The van der Waals surface area contributed by atoms with Gasteiger partial charge in [0, 0.05) is 4.70 Å². The Labute approximate surface area is 134 Å². The Hall–Kier alpha value is -1.69.